The number of amides is 2. The third kappa shape index (κ3) is 9.63. The van der Waals surface area contributed by atoms with Gasteiger partial charge in [-0.1, -0.05) is 39.3 Å². The van der Waals surface area contributed by atoms with Crippen LogP contribution in [0, 0.1) is 5.41 Å². The molecule has 1 atom stereocenters. The average Bonchev–Trinajstić information content (AvgIpc) is 3.35. The number of ether oxygens (including phenoxy) is 2. The van der Waals surface area contributed by atoms with E-state index in [0.29, 0.717) is 19.5 Å². The largest absolute Gasteiger partial charge is 0.445 e. The molecule has 0 aliphatic carbocycles. The highest BCUT2D eigenvalue weighted by Crippen LogP contribution is 2.23. The van der Waals surface area contributed by atoms with Gasteiger partial charge in [0, 0.05) is 9.75 Å². The van der Waals surface area contributed by atoms with Crippen LogP contribution in [0.3, 0.4) is 0 Å². The highest BCUT2D eigenvalue weighted by Gasteiger charge is 2.21. The van der Waals surface area contributed by atoms with Crippen LogP contribution in [0.5, 0.6) is 0 Å². The zero-order valence-corrected chi connectivity index (χ0v) is 19.6. The molecule has 0 aliphatic heterocycles. The lowest BCUT2D eigenvalue weighted by atomic mass is 9.89. The van der Waals surface area contributed by atoms with Crippen LogP contribution < -0.4 is 5.73 Å². The van der Waals surface area contributed by atoms with Crippen LogP contribution in [0.2, 0.25) is 0 Å². The van der Waals surface area contributed by atoms with E-state index >= 15 is 0 Å². The summed E-state index contributed by atoms with van der Waals surface area (Å²) in [6.45, 7) is 7.54. The van der Waals surface area contributed by atoms with Gasteiger partial charge >= 0.3 is 12.2 Å². The number of thiophene rings is 2. The van der Waals surface area contributed by atoms with Gasteiger partial charge in [-0.3, -0.25) is 4.90 Å². The molecule has 30 heavy (non-hydrogen) atoms. The third-order valence-corrected chi connectivity index (χ3v) is 6.21. The van der Waals surface area contributed by atoms with Crippen molar-refractivity contribution in [1.82, 2.24) is 4.90 Å². The Morgan fingerprint density at radius 3 is 2.13 bits per heavy atom. The summed E-state index contributed by atoms with van der Waals surface area (Å²) in [5, 5.41) is 3.97. The van der Waals surface area contributed by atoms with E-state index in [0.717, 1.165) is 29.0 Å². The maximum absolute atomic E-state index is 12.8. The summed E-state index contributed by atoms with van der Waals surface area (Å²) in [6, 6.07) is 7.91. The van der Waals surface area contributed by atoms with Crippen molar-refractivity contribution in [3.8, 4) is 0 Å². The molecule has 2 aromatic rings. The number of carbonyl (C=O) groups excluding carboxylic acids is 2. The molecule has 2 aromatic heterocycles. The fourth-order valence-corrected chi connectivity index (χ4v) is 4.43. The second kappa shape index (κ2) is 12.0. The van der Waals surface area contributed by atoms with E-state index in [2.05, 4.69) is 20.8 Å². The Bertz CT molecular complexity index is 718. The lowest BCUT2D eigenvalue weighted by molar-refractivity contribution is 0.0282. The highest BCUT2D eigenvalue weighted by molar-refractivity contribution is 7.10. The van der Waals surface area contributed by atoms with E-state index in [1.807, 2.05) is 35.0 Å². The number of unbranched alkanes of at least 4 members (excludes halogenated alkanes) is 1. The summed E-state index contributed by atoms with van der Waals surface area (Å²) < 4.78 is 10.7. The molecular formula is C22H32N2O4S2. The summed E-state index contributed by atoms with van der Waals surface area (Å²) >= 11 is 3.20. The molecule has 0 unspecified atom stereocenters. The minimum absolute atomic E-state index is 0.00265. The van der Waals surface area contributed by atoms with E-state index in [9.17, 15) is 9.59 Å². The summed E-state index contributed by atoms with van der Waals surface area (Å²) in [7, 11) is 0. The smallest absolute Gasteiger partial charge is 0.410 e. The van der Waals surface area contributed by atoms with Gasteiger partial charge in [0.1, 0.15) is 12.7 Å². The van der Waals surface area contributed by atoms with Gasteiger partial charge < -0.3 is 15.2 Å². The number of rotatable bonds is 11. The molecule has 8 heteroatoms. The van der Waals surface area contributed by atoms with Gasteiger partial charge in [-0.2, -0.15) is 0 Å². The Labute approximate surface area is 187 Å². The Balaban J connectivity index is 1.90. The lowest BCUT2D eigenvalue weighted by Crippen LogP contribution is -2.34. The van der Waals surface area contributed by atoms with Crippen molar-refractivity contribution in [2.75, 3.05) is 6.61 Å². The van der Waals surface area contributed by atoms with Crippen LogP contribution in [-0.2, 0) is 22.6 Å². The lowest BCUT2D eigenvalue weighted by Gasteiger charge is -2.23. The first-order chi connectivity index (χ1) is 14.2. The molecular weight excluding hydrogens is 420 g/mol. The normalized spacial score (nSPS) is 12.4. The third-order valence-electron chi connectivity index (χ3n) is 4.49. The fourth-order valence-electron chi connectivity index (χ4n) is 2.99. The molecule has 2 amide bonds. The highest BCUT2D eigenvalue weighted by atomic mass is 32.1. The molecule has 0 fully saturated rings. The molecule has 2 heterocycles. The van der Waals surface area contributed by atoms with Gasteiger partial charge in [0.2, 0.25) is 0 Å². The molecule has 0 bridgehead atoms. The number of primary amides is 1. The summed E-state index contributed by atoms with van der Waals surface area (Å²) in [5.41, 5.74) is 5.46. The maximum atomic E-state index is 12.8. The Hall–Kier alpha value is -2.06. The Morgan fingerprint density at radius 2 is 1.67 bits per heavy atom. The molecule has 0 aliphatic rings. The van der Waals surface area contributed by atoms with Gasteiger partial charge in [0.05, 0.1) is 13.1 Å². The standard InChI is InChI=1S/C22H32N2O4S2/c1-22(2,3)11-5-4-8-17(28-20(23)25)16-27-21(26)24(14-18-9-6-12-29-18)15-19-10-7-13-30-19/h6-7,9-10,12-13,17H,4-5,8,11,14-16H2,1-3H3,(H2,23,25)/t17-/m0/s1. The maximum Gasteiger partial charge on any atom is 0.410 e. The van der Waals surface area contributed by atoms with Crippen LogP contribution in [0.25, 0.3) is 0 Å². The molecule has 0 radical (unpaired) electrons. The first kappa shape index (κ1) is 24.2. The fraction of sp³-hybridized carbons (Fsp3) is 0.545. The molecule has 6 nitrogen and oxygen atoms in total. The number of nitrogens with two attached hydrogens (primary N) is 1. The molecule has 166 valence electrons. The van der Waals surface area contributed by atoms with E-state index < -0.39 is 18.3 Å². The van der Waals surface area contributed by atoms with Crippen molar-refractivity contribution in [3.05, 3.63) is 44.8 Å². The average molecular weight is 453 g/mol. The predicted octanol–water partition coefficient (Wildman–Crippen LogP) is 6.02. The Kier molecular flexibility index (Phi) is 9.65. The van der Waals surface area contributed by atoms with Gasteiger partial charge in [0.15, 0.2) is 0 Å². The minimum atomic E-state index is -0.846. The number of hydrogen-bond acceptors (Lipinski definition) is 6. The van der Waals surface area contributed by atoms with Crippen LogP contribution in [-0.4, -0.2) is 29.8 Å². The minimum Gasteiger partial charge on any atom is -0.445 e. The zero-order valence-electron chi connectivity index (χ0n) is 18.0. The number of nitrogens with zero attached hydrogens (tertiary/aromatic N) is 1. The van der Waals surface area contributed by atoms with Gasteiger partial charge in [-0.15, -0.1) is 22.7 Å². The predicted molar refractivity (Wildman–Crippen MR) is 122 cm³/mol. The molecule has 2 rings (SSSR count). The van der Waals surface area contributed by atoms with Crippen molar-refractivity contribution in [2.45, 2.75) is 65.6 Å². The monoisotopic (exact) mass is 452 g/mol. The molecule has 0 spiro atoms. The quantitative estimate of drug-likeness (QED) is 0.423. The van der Waals surface area contributed by atoms with Gasteiger partial charge in [-0.05, 0) is 47.6 Å². The molecule has 2 N–H and O–H groups in total. The first-order valence-electron chi connectivity index (χ1n) is 10.2. The second-order valence-corrected chi connectivity index (χ2v) is 10.5. The summed E-state index contributed by atoms with van der Waals surface area (Å²) in [5.74, 6) is 0. The van der Waals surface area contributed by atoms with Crippen molar-refractivity contribution in [2.24, 2.45) is 11.1 Å². The first-order valence-corrected chi connectivity index (χ1v) is 11.9. The van der Waals surface area contributed by atoms with Crippen molar-refractivity contribution in [1.29, 1.82) is 0 Å². The molecule has 0 saturated carbocycles. The van der Waals surface area contributed by atoms with Crippen LogP contribution in [0.15, 0.2) is 35.0 Å². The molecule has 0 saturated heterocycles. The van der Waals surface area contributed by atoms with Crippen molar-refractivity contribution >= 4 is 34.9 Å². The van der Waals surface area contributed by atoms with E-state index in [1.165, 1.54) is 0 Å². The van der Waals surface area contributed by atoms with Gasteiger partial charge in [0.25, 0.3) is 0 Å². The Morgan fingerprint density at radius 1 is 1.07 bits per heavy atom. The summed E-state index contributed by atoms with van der Waals surface area (Å²) in [4.78, 5) is 27.9. The van der Waals surface area contributed by atoms with Crippen molar-refractivity contribution < 1.29 is 19.1 Å². The van der Waals surface area contributed by atoms with Crippen LogP contribution in [0.1, 0.15) is 56.2 Å². The summed E-state index contributed by atoms with van der Waals surface area (Å²) in [6.07, 6.45) is 1.77. The molecule has 0 aromatic carbocycles. The second-order valence-electron chi connectivity index (χ2n) is 8.46. The van der Waals surface area contributed by atoms with Crippen LogP contribution in [0.4, 0.5) is 9.59 Å². The number of carbonyl (C=O) groups is 2. The van der Waals surface area contributed by atoms with E-state index in [4.69, 9.17) is 15.2 Å². The van der Waals surface area contributed by atoms with Crippen LogP contribution >= 0.6 is 22.7 Å². The van der Waals surface area contributed by atoms with Gasteiger partial charge in [-0.25, -0.2) is 9.59 Å². The van der Waals surface area contributed by atoms with E-state index in [-0.39, 0.29) is 12.0 Å². The zero-order chi connectivity index (χ0) is 22.0. The van der Waals surface area contributed by atoms with E-state index in [1.54, 1.807) is 27.6 Å². The number of hydrogen-bond donors (Lipinski definition) is 1. The topological polar surface area (TPSA) is 81.9 Å². The SMILES string of the molecule is CC(C)(C)CCCC[C@@H](COC(=O)N(Cc1cccs1)Cc1cccs1)OC(N)=O. The van der Waals surface area contributed by atoms with Crippen molar-refractivity contribution in [3.63, 3.8) is 0 Å².